The van der Waals surface area contributed by atoms with E-state index in [1.165, 1.54) is 0 Å². The molecule has 1 saturated heterocycles. The van der Waals surface area contributed by atoms with E-state index in [9.17, 15) is 5.11 Å². The van der Waals surface area contributed by atoms with Gasteiger partial charge in [-0.25, -0.2) is 0 Å². The number of benzene rings is 1. The zero-order chi connectivity index (χ0) is 10.7. The Hall–Kier alpha value is -1.06. The third kappa shape index (κ3) is 1.85. The van der Waals surface area contributed by atoms with Gasteiger partial charge < -0.3 is 14.6 Å². The fourth-order valence-electron chi connectivity index (χ4n) is 2.04. The molecule has 1 N–H and O–H groups in total. The molecule has 0 bridgehead atoms. The molecule has 0 aliphatic carbocycles. The predicted molar refractivity (Wildman–Crippen MR) is 56.9 cm³/mol. The largest absolute Gasteiger partial charge is 0.497 e. The van der Waals surface area contributed by atoms with Crippen LogP contribution in [0.5, 0.6) is 5.75 Å². The first-order valence-corrected chi connectivity index (χ1v) is 5.20. The standard InChI is InChI=1S/C12H16O3/c1-14-11-5-3-10(4-6-11)12(9-13)7-2-8-15-12/h3-6,13H,2,7-9H2,1H3. The van der Waals surface area contributed by atoms with Crippen molar-refractivity contribution in [2.75, 3.05) is 20.3 Å². The topological polar surface area (TPSA) is 38.7 Å². The van der Waals surface area contributed by atoms with Crippen LogP contribution in [0, 0.1) is 0 Å². The Morgan fingerprint density at radius 3 is 2.60 bits per heavy atom. The average molecular weight is 208 g/mol. The maximum atomic E-state index is 9.44. The van der Waals surface area contributed by atoms with E-state index in [1.54, 1.807) is 7.11 Å². The molecule has 0 amide bonds. The van der Waals surface area contributed by atoms with Gasteiger partial charge in [0.1, 0.15) is 11.4 Å². The van der Waals surface area contributed by atoms with Gasteiger partial charge in [-0.2, -0.15) is 0 Å². The van der Waals surface area contributed by atoms with Gasteiger partial charge >= 0.3 is 0 Å². The normalized spacial score (nSPS) is 25.5. The number of aliphatic hydroxyl groups is 1. The van der Waals surface area contributed by atoms with Crippen LogP contribution in [0.2, 0.25) is 0 Å². The third-order valence-electron chi connectivity index (χ3n) is 2.97. The van der Waals surface area contributed by atoms with E-state index < -0.39 is 5.60 Å². The maximum Gasteiger partial charge on any atom is 0.118 e. The Morgan fingerprint density at radius 1 is 1.40 bits per heavy atom. The number of hydrogen-bond donors (Lipinski definition) is 1. The molecular formula is C12H16O3. The first kappa shape index (κ1) is 10.5. The molecule has 0 aromatic heterocycles. The maximum absolute atomic E-state index is 9.44. The summed E-state index contributed by atoms with van der Waals surface area (Å²) in [6.07, 6.45) is 1.89. The molecule has 0 spiro atoms. The van der Waals surface area contributed by atoms with Crippen molar-refractivity contribution in [2.24, 2.45) is 0 Å². The van der Waals surface area contributed by atoms with Crippen molar-refractivity contribution in [3.8, 4) is 5.75 Å². The van der Waals surface area contributed by atoms with E-state index in [-0.39, 0.29) is 6.61 Å². The Kier molecular flexibility index (Phi) is 2.93. The monoisotopic (exact) mass is 208 g/mol. The van der Waals surface area contributed by atoms with Crippen LogP contribution in [0.4, 0.5) is 0 Å². The third-order valence-corrected chi connectivity index (χ3v) is 2.97. The zero-order valence-electron chi connectivity index (χ0n) is 8.90. The fourth-order valence-corrected chi connectivity index (χ4v) is 2.04. The minimum absolute atomic E-state index is 0.0410. The van der Waals surface area contributed by atoms with Crippen LogP contribution in [0.3, 0.4) is 0 Å². The zero-order valence-corrected chi connectivity index (χ0v) is 8.90. The molecule has 3 nitrogen and oxygen atoms in total. The quantitative estimate of drug-likeness (QED) is 0.821. The van der Waals surface area contributed by atoms with E-state index in [0.29, 0.717) is 0 Å². The van der Waals surface area contributed by atoms with Crippen molar-refractivity contribution < 1.29 is 14.6 Å². The minimum atomic E-state index is -0.480. The molecule has 1 aliphatic heterocycles. The second-order valence-corrected chi connectivity index (χ2v) is 3.83. The average Bonchev–Trinajstić information content (AvgIpc) is 2.79. The summed E-state index contributed by atoms with van der Waals surface area (Å²) >= 11 is 0. The van der Waals surface area contributed by atoms with E-state index in [1.807, 2.05) is 24.3 Å². The lowest BCUT2D eigenvalue weighted by Gasteiger charge is -2.26. The second-order valence-electron chi connectivity index (χ2n) is 3.83. The van der Waals surface area contributed by atoms with Gasteiger partial charge in [0, 0.05) is 6.61 Å². The molecule has 1 aliphatic rings. The molecule has 82 valence electrons. The molecular weight excluding hydrogens is 192 g/mol. The summed E-state index contributed by atoms with van der Waals surface area (Å²) in [5, 5.41) is 9.44. The van der Waals surface area contributed by atoms with Crippen LogP contribution < -0.4 is 4.74 Å². The molecule has 2 rings (SSSR count). The summed E-state index contributed by atoms with van der Waals surface area (Å²) in [5.41, 5.74) is 0.551. The van der Waals surface area contributed by atoms with Crippen molar-refractivity contribution in [1.29, 1.82) is 0 Å². The second kappa shape index (κ2) is 4.21. The van der Waals surface area contributed by atoms with Gasteiger partial charge in [-0.05, 0) is 30.5 Å². The van der Waals surface area contributed by atoms with Crippen LogP contribution in [-0.2, 0) is 10.3 Å². The fraction of sp³-hybridized carbons (Fsp3) is 0.500. The van der Waals surface area contributed by atoms with Gasteiger partial charge in [0.15, 0.2) is 0 Å². The summed E-state index contributed by atoms with van der Waals surface area (Å²) in [6.45, 7) is 0.770. The van der Waals surface area contributed by atoms with Gasteiger partial charge in [0.05, 0.1) is 13.7 Å². The van der Waals surface area contributed by atoms with Crippen molar-refractivity contribution in [1.82, 2.24) is 0 Å². The van der Waals surface area contributed by atoms with E-state index >= 15 is 0 Å². The Labute approximate surface area is 89.6 Å². The van der Waals surface area contributed by atoms with Gasteiger partial charge in [0.25, 0.3) is 0 Å². The molecule has 1 fully saturated rings. The molecule has 15 heavy (non-hydrogen) atoms. The lowest BCUT2D eigenvalue weighted by Crippen LogP contribution is -2.29. The summed E-state index contributed by atoms with van der Waals surface area (Å²) in [5.74, 6) is 0.824. The van der Waals surface area contributed by atoms with E-state index in [2.05, 4.69) is 0 Å². The van der Waals surface area contributed by atoms with Crippen molar-refractivity contribution in [3.05, 3.63) is 29.8 Å². The molecule has 3 heteroatoms. The summed E-state index contributed by atoms with van der Waals surface area (Å²) in [7, 11) is 1.64. The van der Waals surface area contributed by atoms with Crippen LogP contribution >= 0.6 is 0 Å². The molecule has 1 atom stereocenters. The lowest BCUT2D eigenvalue weighted by atomic mass is 9.92. The molecule has 1 aromatic rings. The number of aliphatic hydroxyl groups excluding tert-OH is 1. The van der Waals surface area contributed by atoms with Gasteiger partial charge in [-0.3, -0.25) is 0 Å². The number of hydrogen-bond acceptors (Lipinski definition) is 3. The Morgan fingerprint density at radius 2 is 2.13 bits per heavy atom. The highest BCUT2D eigenvalue weighted by molar-refractivity contribution is 5.31. The Bertz CT molecular complexity index is 312. The number of rotatable bonds is 3. The lowest BCUT2D eigenvalue weighted by molar-refractivity contribution is -0.0430. The smallest absolute Gasteiger partial charge is 0.118 e. The predicted octanol–water partition coefficient (Wildman–Crippen LogP) is 1.69. The van der Waals surface area contributed by atoms with Gasteiger partial charge in [0.2, 0.25) is 0 Å². The van der Waals surface area contributed by atoms with Crippen LogP contribution in [0.15, 0.2) is 24.3 Å². The van der Waals surface area contributed by atoms with Crippen molar-refractivity contribution in [3.63, 3.8) is 0 Å². The van der Waals surface area contributed by atoms with Crippen LogP contribution in [-0.4, -0.2) is 25.4 Å². The number of methoxy groups -OCH3 is 1. The molecule has 1 aromatic carbocycles. The van der Waals surface area contributed by atoms with Gasteiger partial charge in [-0.1, -0.05) is 12.1 Å². The highest BCUT2D eigenvalue weighted by Gasteiger charge is 2.36. The molecule has 1 unspecified atom stereocenters. The van der Waals surface area contributed by atoms with Crippen molar-refractivity contribution >= 4 is 0 Å². The summed E-state index contributed by atoms with van der Waals surface area (Å²) < 4.78 is 10.8. The molecule has 1 heterocycles. The SMILES string of the molecule is COc1ccc(C2(CO)CCCO2)cc1. The number of ether oxygens (including phenoxy) is 2. The molecule has 0 radical (unpaired) electrons. The highest BCUT2D eigenvalue weighted by atomic mass is 16.5. The summed E-state index contributed by atoms with van der Waals surface area (Å²) in [4.78, 5) is 0. The van der Waals surface area contributed by atoms with E-state index in [0.717, 1.165) is 30.8 Å². The van der Waals surface area contributed by atoms with Gasteiger partial charge in [-0.15, -0.1) is 0 Å². The summed E-state index contributed by atoms with van der Waals surface area (Å²) in [6, 6.07) is 7.71. The minimum Gasteiger partial charge on any atom is -0.497 e. The van der Waals surface area contributed by atoms with Crippen molar-refractivity contribution in [2.45, 2.75) is 18.4 Å². The first-order valence-electron chi connectivity index (χ1n) is 5.20. The highest BCUT2D eigenvalue weighted by Crippen LogP contribution is 2.36. The van der Waals surface area contributed by atoms with E-state index in [4.69, 9.17) is 9.47 Å². The van der Waals surface area contributed by atoms with Crippen LogP contribution in [0.1, 0.15) is 18.4 Å². The first-order chi connectivity index (χ1) is 7.30. The Balaban J connectivity index is 2.26. The molecule has 0 saturated carbocycles. The van der Waals surface area contributed by atoms with Crippen LogP contribution in [0.25, 0.3) is 0 Å².